The van der Waals surface area contributed by atoms with Gasteiger partial charge in [-0.3, -0.25) is 0 Å². The van der Waals surface area contributed by atoms with E-state index in [-0.39, 0.29) is 6.61 Å². The summed E-state index contributed by atoms with van der Waals surface area (Å²) >= 11 is 0. The molecule has 0 spiro atoms. The number of esters is 1. The lowest BCUT2D eigenvalue weighted by Crippen LogP contribution is -2.03. The number of benzene rings is 2. The molecule has 0 saturated heterocycles. The minimum Gasteiger partial charge on any atom is -0.488 e. The van der Waals surface area contributed by atoms with Gasteiger partial charge in [0, 0.05) is 11.6 Å². The predicted molar refractivity (Wildman–Crippen MR) is 84.3 cm³/mol. The minimum atomic E-state index is -0.512. The average Bonchev–Trinajstić information content (AvgIpc) is 2.59. The van der Waals surface area contributed by atoms with Crippen molar-refractivity contribution in [1.29, 1.82) is 0 Å². The standard InChI is InChI=1S/C18H18O4/c1-21-18(20)11-15(12-19)16-9-5-6-10-17(16)22-13-14-7-3-2-4-8-14/h2-11,19H,12-13H2,1H3. The Morgan fingerprint density at radius 3 is 2.45 bits per heavy atom. The van der Waals surface area contributed by atoms with Crippen LogP contribution in [-0.2, 0) is 16.1 Å². The molecular formula is C18H18O4. The Balaban J connectivity index is 2.22. The van der Waals surface area contributed by atoms with Gasteiger partial charge in [-0.1, -0.05) is 48.5 Å². The van der Waals surface area contributed by atoms with Gasteiger partial charge in [0.05, 0.1) is 13.7 Å². The summed E-state index contributed by atoms with van der Waals surface area (Å²) in [5, 5.41) is 9.50. The molecule has 0 bridgehead atoms. The number of carbonyl (C=O) groups excluding carboxylic acids is 1. The van der Waals surface area contributed by atoms with Crippen molar-refractivity contribution in [2.45, 2.75) is 6.61 Å². The quantitative estimate of drug-likeness (QED) is 0.658. The van der Waals surface area contributed by atoms with E-state index < -0.39 is 5.97 Å². The van der Waals surface area contributed by atoms with E-state index in [0.29, 0.717) is 23.5 Å². The normalized spacial score (nSPS) is 11.1. The fourth-order valence-corrected chi connectivity index (χ4v) is 2.00. The molecule has 0 aliphatic carbocycles. The van der Waals surface area contributed by atoms with Crippen molar-refractivity contribution in [1.82, 2.24) is 0 Å². The first kappa shape index (κ1) is 15.8. The molecule has 22 heavy (non-hydrogen) atoms. The summed E-state index contributed by atoms with van der Waals surface area (Å²) in [7, 11) is 1.30. The molecule has 1 N–H and O–H groups in total. The zero-order valence-electron chi connectivity index (χ0n) is 12.4. The molecule has 0 heterocycles. The van der Waals surface area contributed by atoms with Gasteiger partial charge in [0.25, 0.3) is 0 Å². The summed E-state index contributed by atoms with van der Waals surface area (Å²) in [6.45, 7) is 0.135. The maximum absolute atomic E-state index is 11.4. The van der Waals surface area contributed by atoms with Crippen molar-refractivity contribution in [2.75, 3.05) is 13.7 Å². The van der Waals surface area contributed by atoms with Gasteiger partial charge in [0.15, 0.2) is 0 Å². The first-order valence-corrected chi connectivity index (χ1v) is 6.90. The monoisotopic (exact) mass is 298 g/mol. The Labute approximate surface area is 129 Å². The number of ether oxygens (including phenoxy) is 2. The Kier molecular flexibility index (Phi) is 5.74. The van der Waals surface area contributed by atoms with Crippen molar-refractivity contribution >= 4 is 11.5 Å². The van der Waals surface area contributed by atoms with E-state index in [1.54, 1.807) is 12.1 Å². The van der Waals surface area contributed by atoms with E-state index in [2.05, 4.69) is 4.74 Å². The minimum absolute atomic E-state index is 0.277. The molecule has 4 nitrogen and oxygen atoms in total. The number of hydrogen-bond donors (Lipinski definition) is 1. The van der Waals surface area contributed by atoms with Gasteiger partial charge in [-0.2, -0.15) is 0 Å². The van der Waals surface area contributed by atoms with Gasteiger partial charge in [0.1, 0.15) is 12.4 Å². The number of aliphatic hydroxyl groups excluding tert-OH is 1. The number of methoxy groups -OCH3 is 1. The van der Waals surface area contributed by atoms with Gasteiger partial charge in [-0.15, -0.1) is 0 Å². The average molecular weight is 298 g/mol. The maximum Gasteiger partial charge on any atom is 0.330 e. The molecule has 2 rings (SSSR count). The molecule has 0 aliphatic rings. The third-order valence-corrected chi connectivity index (χ3v) is 3.13. The summed E-state index contributed by atoms with van der Waals surface area (Å²) in [4.78, 5) is 11.4. The van der Waals surface area contributed by atoms with Crippen molar-refractivity contribution < 1.29 is 19.4 Å². The largest absolute Gasteiger partial charge is 0.488 e. The highest BCUT2D eigenvalue weighted by molar-refractivity contribution is 5.92. The molecule has 0 atom stereocenters. The van der Waals surface area contributed by atoms with Crippen LogP contribution in [0.4, 0.5) is 0 Å². The van der Waals surface area contributed by atoms with E-state index in [9.17, 15) is 9.90 Å². The third kappa shape index (κ3) is 4.20. The van der Waals surface area contributed by atoms with Gasteiger partial charge in [-0.25, -0.2) is 4.79 Å². The van der Waals surface area contributed by atoms with Crippen LogP contribution in [0, 0.1) is 0 Å². The van der Waals surface area contributed by atoms with Gasteiger partial charge >= 0.3 is 5.97 Å². The van der Waals surface area contributed by atoms with Crippen LogP contribution in [0.15, 0.2) is 60.7 Å². The van der Waals surface area contributed by atoms with E-state index in [1.807, 2.05) is 42.5 Å². The number of hydrogen-bond acceptors (Lipinski definition) is 4. The molecule has 114 valence electrons. The molecule has 0 amide bonds. The van der Waals surface area contributed by atoms with Crippen LogP contribution >= 0.6 is 0 Å². The summed E-state index contributed by atoms with van der Waals surface area (Å²) in [5.74, 6) is 0.0949. The van der Waals surface area contributed by atoms with Gasteiger partial charge < -0.3 is 14.6 Å². The van der Waals surface area contributed by atoms with Crippen molar-refractivity contribution in [3.8, 4) is 5.75 Å². The van der Waals surface area contributed by atoms with Crippen LogP contribution in [0.1, 0.15) is 11.1 Å². The molecule has 4 heteroatoms. The highest BCUT2D eigenvalue weighted by Gasteiger charge is 2.10. The topological polar surface area (TPSA) is 55.8 Å². The zero-order valence-corrected chi connectivity index (χ0v) is 12.4. The SMILES string of the molecule is COC(=O)C=C(CO)c1ccccc1OCc1ccccc1. The molecule has 0 fully saturated rings. The van der Waals surface area contributed by atoms with E-state index >= 15 is 0 Å². The number of aliphatic hydroxyl groups is 1. The zero-order chi connectivity index (χ0) is 15.8. The molecular weight excluding hydrogens is 280 g/mol. The second-order valence-electron chi connectivity index (χ2n) is 4.62. The van der Waals surface area contributed by atoms with Crippen LogP contribution in [-0.4, -0.2) is 24.8 Å². The lowest BCUT2D eigenvalue weighted by atomic mass is 10.1. The third-order valence-electron chi connectivity index (χ3n) is 3.13. The second-order valence-corrected chi connectivity index (χ2v) is 4.62. The molecule has 2 aromatic carbocycles. The Hall–Kier alpha value is -2.59. The summed E-state index contributed by atoms with van der Waals surface area (Å²) in [6.07, 6.45) is 1.27. The Morgan fingerprint density at radius 1 is 1.09 bits per heavy atom. The Bertz CT molecular complexity index is 647. The van der Waals surface area contributed by atoms with Crippen LogP contribution in [0.5, 0.6) is 5.75 Å². The number of carbonyl (C=O) groups is 1. The first-order valence-electron chi connectivity index (χ1n) is 6.90. The van der Waals surface area contributed by atoms with Gasteiger partial charge in [-0.05, 0) is 17.2 Å². The molecule has 0 saturated carbocycles. The van der Waals surface area contributed by atoms with Crippen molar-refractivity contribution in [2.24, 2.45) is 0 Å². The maximum atomic E-state index is 11.4. The van der Waals surface area contributed by atoms with Crippen LogP contribution < -0.4 is 4.74 Å². The predicted octanol–water partition coefficient (Wildman–Crippen LogP) is 2.81. The van der Waals surface area contributed by atoms with Crippen molar-refractivity contribution in [3.63, 3.8) is 0 Å². The fourth-order valence-electron chi connectivity index (χ4n) is 2.00. The van der Waals surface area contributed by atoms with E-state index in [0.717, 1.165) is 5.56 Å². The van der Waals surface area contributed by atoms with Crippen LogP contribution in [0.2, 0.25) is 0 Å². The summed E-state index contributed by atoms with van der Waals surface area (Å²) in [5.41, 5.74) is 2.17. The molecule has 2 aromatic rings. The smallest absolute Gasteiger partial charge is 0.330 e. The lowest BCUT2D eigenvalue weighted by Gasteiger charge is -2.13. The molecule has 0 aromatic heterocycles. The summed E-state index contributed by atoms with van der Waals surface area (Å²) < 4.78 is 10.4. The van der Waals surface area contributed by atoms with E-state index in [1.165, 1.54) is 13.2 Å². The van der Waals surface area contributed by atoms with Crippen molar-refractivity contribution in [3.05, 3.63) is 71.8 Å². The Morgan fingerprint density at radius 2 is 1.77 bits per heavy atom. The molecule has 0 radical (unpaired) electrons. The highest BCUT2D eigenvalue weighted by atomic mass is 16.5. The number of rotatable bonds is 6. The van der Waals surface area contributed by atoms with Crippen LogP contribution in [0.25, 0.3) is 5.57 Å². The second kappa shape index (κ2) is 8.00. The highest BCUT2D eigenvalue weighted by Crippen LogP contribution is 2.26. The number of para-hydroxylation sites is 1. The molecule has 0 unspecified atom stereocenters. The van der Waals surface area contributed by atoms with E-state index in [4.69, 9.17) is 4.74 Å². The van der Waals surface area contributed by atoms with Gasteiger partial charge in [0.2, 0.25) is 0 Å². The van der Waals surface area contributed by atoms with Crippen LogP contribution in [0.3, 0.4) is 0 Å². The molecule has 0 aliphatic heterocycles. The summed E-state index contributed by atoms with van der Waals surface area (Å²) in [6, 6.07) is 17.1. The fraction of sp³-hybridized carbons (Fsp3) is 0.167. The lowest BCUT2D eigenvalue weighted by molar-refractivity contribution is -0.134. The first-order chi connectivity index (χ1) is 10.7.